The predicted octanol–water partition coefficient (Wildman–Crippen LogP) is 0.112. The van der Waals surface area contributed by atoms with E-state index in [1.165, 1.54) is 0 Å². The summed E-state index contributed by atoms with van der Waals surface area (Å²) >= 11 is 0. The molecule has 18 nitrogen and oxygen atoms in total. The number of amides is 1. The van der Waals surface area contributed by atoms with Crippen LogP contribution in [0.15, 0.2) is 85.1 Å². The summed E-state index contributed by atoms with van der Waals surface area (Å²) in [7, 11) is 0. The number of rotatable bonds is 3. The first-order valence-electron chi connectivity index (χ1n) is 22.4. The molecule has 2 saturated heterocycles. The highest BCUT2D eigenvalue weighted by Gasteiger charge is 2.50. The Bertz CT molecular complexity index is 1670. The van der Waals surface area contributed by atoms with E-state index >= 15 is 0 Å². The number of nitrogens with two attached hydrogens (primary N) is 2. The Balaban J connectivity index is 1.86. The van der Waals surface area contributed by atoms with E-state index in [2.05, 4.69) is 0 Å². The average Bonchev–Trinajstić information content (AvgIpc) is 3.21. The second-order valence-electron chi connectivity index (χ2n) is 17.6. The number of cyclic esters (lactones) is 1. The van der Waals surface area contributed by atoms with E-state index in [9.17, 15) is 60.7 Å². The molecule has 0 aliphatic carbocycles. The highest BCUT2D eigenvalue weighted by atomic mass is 16.7. The van der Waals surface area contributed by atoms with E-state index in [0.29, 0.717) is 0 Å². The van der Waals surface area contributed by atoms with Gasteiger partial charge in [0.05, 0.1) is 85.5 Å². The normalized spacial score (nSPS) is 45.5. The fourth-order valence-corrected chi connectivity index (χ4v) is 8.02. The van der Waals surface area contributed by atoms with Crippen molar-refractivity contribution in [2.45, 2.75) is 177 Å². The van der Waals surface area contributed by atoms with Crippen LogP contribution in [0, 0.1) is 17.8 Å². The first-order valence-corrected chi connectivity index (χ1v) is 22.4. The summed E-state index contributed by atoms with van der Waals surface area (Å²) in [5.74, 6) is -6.03. The lowest BCUT2D eigenvalue weighted by Crippen LogP contribution is -2.61. The number of aliphatic hydroxyl groups is 10. The first kappa shape index (κ1) is 55.9. The second-order valence-corrected chi connectivity index (χ2v) is 17.6. The Morgan fingerprint density at radius 1 is 0.662 bits per heavy atom. The van der Waals surface area contributed by atoms with Gasteiger partial charge in [-0.25, -0.2) is 0 Å². The quantitative estimate of drug-likeness (QED) is 0.167. The topological polar surface area (TPSA) is 325 Å². The average molecular weight is 923 g/mol. The molecule has 0 saturated carbocycles. The number of carbonyl (C=O) groups is 2. The van der Waals surface area contributed by atoms with Gasteiger partial charge in [-0.3, -0.25) is 9.59 Å². The lowest BCUT2D eigenvalue weighted by Gasteiger charge is -2.45. The number of hydrogen-bond donors (Lipinski definition) is 12. The molecule has 368 valence electrons. The van der Waals surface area contributed by atoms with Crippen molar-refractivity contribution < 1.29 is 79.6 Å². The summed E-state index contributed by atoms with van der Waals surface area (Å²) in [6.45, 7) is 6.77. The van der Waals surface area contributed by atoms with Gasteiger partial charge in [0.25, 0.3) is 0 Å². The molecule has 1 amide bonds. The molecule has 2 fully saturated rings. The molecule has 14 N–H and O–H groups in total. The first-order chi connectivity index (χ1) is 30.6. The molecule has 19 unspecified atom stereocenters. The smallest absolute Gasteiger partial charge is 0.308 e. The molecule has 3 heterocycles. The van der Waals surface area contributed by atoms with Crippen LogP contribution in [0.2, 0.25) is 0 Å². The van der Waals surface area contributed by atoms with Crippen LogP contribution in [0.25, 0.3) is 0 Å². The zero-order valence-corrected chi connectivity index (χ0v) is 37.7. The third kappa shape index (κ3) is 18.6. The molecule has 19 atom stereocenters. The van der Waals surface area contributed by atoms with Gasteiger partial charge in [-0.15, -0.1) is 0 Å². The van der Waals surface area contributed by atoms with Crippen LogP contribution in [0.1, 0.15) is 79.1 Å². The summed E-state index contributed by atoms with van der Waals surface area (Å²) in [6, 6.07) is -1.13. The SMILES string of the molecule is CC1/C=C/C=C/C=C/C=C/C=C/C=C/C=C/C(OC2OC(C)C(O)C(N)C2O)CC2OC(O)(CC(O)CC(O)C(O)CCC(O)CC(O)CC(=O)OC(C)C(C)C1O)CC(O)C2C(N)=O. The molecule has 3 aliphatic heterocycles. The Morgan fingerprint density at radius 3 is 1.82 bits per heavy atom. The summed E-state index contributed by atoms with van der Waals surface area (Å²) in [5, 5.41) is 108. The third-order valence-corrected chi connectivity index (χ3v) is 12.1. The van der Waals surface area contributed by atoms with Gasteiger partial charge in [0.15, 0.2) is 12.1 Å². The minimum Gasteiger partial charge on any atom is -0.462 e. The van der Waals surface area contributed by atoms with E-state index in [1.807, 2.05) is 37.3 Å². The molecule has 3 aliphatic rings. The maximum atomic E-state index is 12.7. The maximum absolute atomic E-state index is 12.7. The number of allylic oxidation sites excluding steroid dienone is 12. The van der Waals surface area contributed by atoms with Gasteiger partial charge in [0.2, 0.25) is 5.91 Å². The van der Waals surface area contributed by atoms with Crippen molar-refractivity contribution in [2.75, 3.05) is 0 Å². The molecule has 2 bridgehead atoms. The van der Waals surface area contributed by atoms with E-state index < -0.39 is 147 Å². The van der Waals surface area contributed by atoms with Crippen molar-refractivity contribution in [1.82, 2.24) is 0 Å². The number of fused-ring (bicyclic) bond motifs is 2. The number of primary amides is 1. The third-order valence-electron chi connectivity index (χ3n) is 12.1. The molecule has 0 aromatic heterocycles. The van der Waals surface area contributed by atoms with Gasteiger partial charge in [-0.05, 0) is 33.1 Å². The summed E-state index contributed by atoms with van der Waals surface area (Å²) in [4.78, 5) is 25.3. The lowest BCUT2D eigenvalue weighted by molar-refractivity contribution is -0.307. The molecule has 0 aromatic carbocycles. The highest BCUT2D eigenvalue weighted by molar-refractivity contribution is 5.78. The van der Waals surface area contributed by atoms with Crippen LogP contribution in [0.4, 0.5) is 0 Å². The van der Waals surface area contributed by atoms with Crippen LogP contribution in [-0.2, 0) is 28.5 Å². The van der Waals surface area contributed by atoms with Crippen molar-refractivity contribution in [3.63, 3.8) is 0 Å². The molecule has 0 spiro atoms. The lowest BCUT2D eigenvalue weighted by atomic mass is 9.82. The Morgan fingerprint density at radius 2 is 1.23 bits per heavy atom. The summed E-state index contributed by atoms with van der Waals surface area (Å²) < 4.78 is 23.3. The molecule has 3 rings (SSSR count). The van der Waals surface area contributed by atoms with Gasteiger partial charge < -0.3 is 81.5 Å². The largest absolute Gasteiger partial charge is 0.462 e. The molecular weight excluding hydrogens is 849 g/mol. The van der Waals surface area contributed by atoms with Gasteiger partial charge in [0.1, 0.15) is 12.2 Å². The summed E-state index contributed by atoms with van der Waals surface area (Å²) in [6.07, 6.45) is 4.43. The monoisotopic (exact) mass is 923 g/mol. The van der Waals surface area contributed by atoms with Crippen LogP contribution in [0.3, 0.4) is 0 Å². The van der Waals surface area contributed by atoms with Crippen molar-refractivity contribution in [1.29, 1.82) is 0 Å². The number of esters is 1. The molecule has 0 aromatic rings. The predicted molar refractivity (Wildman–Crippen MR) is 239 cm³/mol. The Labute approximate surface area is 381 Å². The Kier molecular flexibility index (Phi) is 23.6. The van der Waals surface area contributed by atoms with Crippen molar-refractivity contribution in [3.8, 4) is 0 Å². The number of aliphatic hydroxyl groups excluding tert-OH is 9. The highest BCUT2D eigenvalue weighted by Crippen LogP contribution is 2.38. The van der Waals surface area contributed by atoms with E-state index in [0.717, 1.165) is 0 Å². The number of hydrogen-bond acceptors (Lipinski definition) is 17. The van der Waals surface area contributed by atoms with Crippen LogP contribution in [-0.4, -0.2) is 160 Å². The molecule has 0 radical (unpaired) electrons. The minimum atomic E-state index is -2.27. The number of carbonyl (C=O) groups excluding carboxylic acids is 2. The van der Waals surface area contributed by atoms with Crippen LogP contribution >= 0.6 is 0 Å². The molecular formula is C47H74N2O16. The number of ether oxygens (including phenoxy) is 4. The fraction of sp³-hybridized carbons (Fsp3) is 0.660. The van der Waals surface area contributed by atoms with Crippen molar-refractivity contribution in [2.24, 2.45) is 29.2 Å². The van der Waals surface area contributed by atoms with E-state index in [1.54, 1.807) is 75.5 Å². The van der Waals surface area contributed by atoms with Gasteiger partial charge in [-0.2, -0.15) is 0 Å². The minimum absolute atomic E-state index is 0.0953. The summed E-state index contributed by atoms with van der Waals surface area (Å²) in [5.41, 5.74) is 11.7. The molecule has 18 heteroatoms. The Hall–Kier alpha value is -3.44. The van der Waals surface area contributed by atoms with Crippen LogP contribution in [0.5, 0.6) is 0 Å². The van der Waals surface area contributed by atoms with E-state index in [-0.39, 0.29) is 31.6 Å². The zero-order valence-electron chi connectivity index (χ0n) is 37.7. The van der Waals surface area contributed by atoms with Crippen LogP contribution < -0.4 is 11.5 Å². The zero-order chi connectivity index (χ0) is 48.4. The fourth-order valence-electron chi connectivity index (χ4n) is 8.02. The molecule has 65 heavy (non-hydrogen) atoms. The van der Waals surface area contributed by atoms with Gasteiger partial charge in [0, 0.05) is 37.5 Å². The van der Waals surface area contributed by atoms with Crippen molar-refractivity contribution in [3.05, 3.63) is 85.1 Å². The van der Waals surface area contributed by atoms with E-state index in [4.69, 9.17) is 30.4 Å². The second kappa shape index (κ2) is 27.4. The standard InChI is InChI=1S/C47H74N2O16/c1-27-17-15-13-11-9-7-5-6-8-10-12-14-16-18-34(64-46-44(59)41(48)43(58)30(4)63-46)24-38-40(45(49)60)37(55)26-47(61,65-38)25-33(52)22-36(54)35(53)20-19-31(50)21-32(51)23-39(56)62-29(3)28(2)42(27)57/h5-18,27-38,40-44,46,50-55,57-59,61H,19-26,48H2,1-4H3,(H2,49,60)/b6-5+,9-7+,10-8+,13-11+,14-12+,17-15+,18-16+. The van der Waals surface area contributed by atoms with Crippen molar-refractivity contribution >= 4 is 11.9 Å². The van der Waals surface area contributed by atoms with Gasteiger partial charge in [-0.1, -0.05) is 98.9 Å². The van der Waals surface area contributed by atoms with Gasteiger partial charge >= 0.3 is 5.97 Å². The maximum Gasteiger partial charge on any atom is 0.308 e.